The summed E-state index contributed by atoms with van der Waals surface area (Å²) in [5.41, 5.74) is 0. The Morgan fingerprint density at radius 1 is 1.00 bits per heavy atom. The third-order valence-corrected chi connectivity index (χ3v) is 0.829. The fourth-order valence-electron chi connectivity index (χ4n) is 0. The molecule has 6 heavy (non-hydrogen) atoms. The first kappa shape index (κ1) is 6.13. The largest absolute Gasteiger partial charge is 0.0853 e. The summed E-state index contributed by atoms with van der Waals surface area (Å²) in [6.45, 7) is 3.79. The van der Waals surface area contributed by atoms with Gasteiger partial charge in [-0.25, -0.2) is 0 Å². The monoisotopic (exact) mass is 78.1 g/mol. The first-order valence-corrected chi connectivity index (χ1v) is 2.15. The van der Waals surface area contributed by atoms with Crippen molar-refractivity contribution in [2.75, 3.05) is 0 Å². The fraction of sp³-hybridized carbons (Fsp3) is 1.00. The smallest absolute Gasteiger partial charge is 0.0689 e. The van der Waals surface area contributed by atoms with Crippen LogP contribution in [0, 0.1) is 0 Å². The zero-order chi connectivity index (χ0) is 5.15. The van der Waals surface area contributed by atoms with Crippen molar-refractivity contribution in [1.82, 2.24) is 0 Å². The lowest BCUT2D eigenvalue weighted by Gasteiger charge is -2.06. The molecule has 0 saturated heterocycles. The molecular weight excluding hydrogens is 69.7 g/mol. The third kappa shape index (κ3) is 2.37. The SMILES string of the molecule is [B][C@H](C)[C@H]([B])C. The van der Waals surface area contributed by atoms with Gasteiger partial charge in [0.2, 0.25) is 0 Å². The molecule has 30 valence electrons. The van der Waals surface area contributed by atoms with Gasteiger partial charge in [0.15, 0.2) is 0 Å². The molecule has 0 nitrogen and oxygen atoms in total. The Morgan fingerprint density at radius 3 is 1.17 bits per heavy atom. The van der Waals surface area contributed by atoms with Crippen LogP contribution in [0.1, 0.15) is 13.8 Å². The second kappa shape index (κ2) is 2.33. The van der Waals surface area contributed by atoms with E-state index >= 15 is 0 Å². The maximum Gasteiger partial charge on any atom is 0.0689 e. The van der Waals surface area contributed by atoms with Crippen molar-refractivity contribution < 1.29 is 0 Å². The van der Waals surface area contributed by atoms with Crippen molar-refractivity contribution in [3.05, 3.63) is 0 Å². The van der Waals surface area contributed by atoms with E-state index in [1.165, 1.54) is 0 Å². The molecule has 0 aliphatic carbocycles. The minimum absolute atomic E-state index is 0.130. The van der Waals surface area contributed by atoms with Gasteiger partial charge in [-0.1, -0.05) is 25.5 Å². The van der Waals surface area contributed by atoms with Crippen molar-refractivity contribution in [1.29, 1.82) is 0 Å². The highest BCUT2D eigenvalue weighted by Crippen LogP contribution is 2.12. The molecule has 0 aromatic carbocycles. The second-order valence-electron chi connectivity index (χ2n) is 1.72. The molecule has 0 saturated carbocycles. The van der Waals surface area contributed by atoms with Crippen molar-refractivity contribution in [2.24, 2.45) is 0 Å². The highest BCUT2D eigenvalue weighted by molar-refractivity contribution is 6.20. The van der Waals surface area contributed by atoms with Gasteiger partial charge in [-0.05, 0) is 0 Å². The summed E-state index contributed by atoms with van der Waals surface area (Å²) in [6, 6.07) is 0. The van der Waals surface area contributed by atoms with E-state index in [-0.39, 0.29) is 11.6 Å². The van der Waals surface area contributed by atoms with Gasteiger partial charge in [0.1, 0.15) is 0 Å². The summed E-state index contributed by atoms with van der Waals surface area (Å²) < 4.78 is 0. The van der Waals surface area contributed by atoms with E-state index in [9.17, 15) is 0 Å². The van der Waals surface area contributed by atoms with Crippen molar-refractivity contribution in [3.8, 4) is 0 Å². The van der Waals surface area contributed by atoms with Gasteiger partial charge in [0.25, 0.3) is 0 Å². The molecule has 0 fully saturated rings. The lowest BCUT2D eigenvalue weighted by Crippen LogP contribution is -1.92. The van der Waals surface area contributed by atoms with E-state index in [4.69, 9.17) is 15.7 Å². The summed E-state index contributed by atoms with van der Waals surface area (Å²) in [4.78, 5) is 0. The standard InChI is InChI=1S/C4H8B2/c1-3(5)4(2)6/h3-4H,1-2H3/t3-,4-/m1/s1. The van der Waals surface area contributed by atoms with Gasteiger partial charge < -0.3 is 0 Å². The molecule has 0 aliphatic heterocycles. The van der Waals surface area contributed by atoms with E-state index in [0.29, 0.717) is 0 Å². The predicted molar refractivity (Wildman–Crippen MR) is 30.4 cm³/mol. The van der Waals surface area contributed by atoms with E-state index in [1.807, 2.05) is 13.8 Å². The topological polar surface area (TPSA) is 0 Å². The lowest BCUT2D eigenvalue weighted by molar-refractivity contribution is 0.875. The molecule has 0 bridgehead atoms. The Labute approximate surface area is 42.1 Å². The second-order valence-corrected chi connectivity index (χ2v) is 1.72. The van der Waals surface area contributed by atoms with Gasteiger partial charge in [-0.3, -0.25) is 0 Å². The quantitative estimate of drug-likeness (QED) is 0.409. The van der Waals surface area contributed by atoms with Crippen molar-refractivity contribution in [2.45, 2.75) is 25.5 Å². The van der Waals surface area contributed by atoms with E-state index in [0.717, 1.165) is 0 Å². The van der Waals surface area contributed by atoms with Crippen LogP contribution in [0.4, 0.5) is 0 Å². The van der Waals surface area contributed by atoms with Crippen LogP contribution in [-0.2, 0) is 0 Å². The molecule has 0 aliphatic rings. The highest BCUT2D eigenvalue weighted by atomic mass is 13.9. The van der Waals surface area contributed by atoms with E-state index < -0.39 is 0 Å². The first-order chi connectivity index (χ1) is 2.64. The van der Waals surface area contributed by atoms with E-state index in [1.54, 1.807) is 0 Å². The average Bonchev–Trinajstić information content (AvgIpc) is 1.36. The zero-order valence-electron chi connectivity index (χ0n) is 4.31. The number of rotatable bonds is 1. The zero-order valence-corrected chi connectivity index (χ0v) is 4.31. The predicted octanol–water partition coefficient (Wildman–Crippen LogP) is 0.940. The maximum atomic E-state index is 5.31. The Bertz CT molecular complexity index is 26.5. The third-order valence-electron chi connectivity index (χ3n) is 0.829. The molecule has 4 radical (unpaired) electrons. The Hall–Kier alpha value is 0.130. The highest BCUT2D eigenvalue weighted by Gasteiger charge is 1.95. The van der Waals surface area contributed by atoms with Crippen LogP contribution >= 0.6 is 0 Å². The molecule has 0 unspecified atom stereocenters. The minimum Gasteiger partial charge on any atom is -0.0853 e. The van der Waals surface area contributed by atoms with Crippen LogP contribution in [0.15, 0.2) is 0 Å². The summed E-state index contributed by atoms with van der Waals surface area (Å²) in [7, 11) is 10.6. The van der Waals surface area contributed by atoms with Crippen LogP contribution in [0.5, 0.6) is 0 Å². The molecule has 0 N–H and O–H groups in total. The molecule has 2 atom stereocenters. The molecule has 0 spiro atoms. The molecule has 0 aromatic rings. The molecule has 0 rings (SSSR count). The van der Waals surface area contributed by atoms with Crippen LogP contribution in [-0.4, -0.2) is 15.7 Å². The van der Waals surface area contributed by atoms with Crippen LogP contribution < -0.4 is 0 Å². The van der Waals surface area contributed by atoms with Crippen molar-refractivity contribution in [3.63, 3.8) is 0 Å². The Kier molecular flexibility index (Phi) is 2.38. The Morgan fingerprint density at radius 2 is 1.17 bits per heavy atom. The van der Waals surface area contributed by atoms with Gasteiger partial charge >= 0.3 is 0 Å². The molecular formula is C4H8B2. The van der Waals surface area contributed by atoms with Gasteiger partial charge in [-0.2, -0.15) is 0 Å². The average molecular weight is 77.7 g/mol. The normalized spacial score (nSPS) is 19.7. The summed E-state index contributed by atoms with van der Waals surface area (Å²) >= 11 is 0. The number of hydrogen-bond donors (Lipinski definition) is 0. The fourth-order valence-corrected chi connectivity index (χ4v) is 0. The van der Waals surface area contributed by atoms with Crippen LogP contribution in [0.25, 0.3) is 0 Å². The summed E-state index contributed by atoms with van der Waals surface area (Å²) in [5.74, 6) is 0.259. The van der Waals surface area contributed by atoms with Gasteiger partial charge in [-0.15, -0.1) is 0 Å². The first-order valence-electron chi connectivity index (χ1n) is 2.15. The van der Waals surface area contributed by atoms with Gasteiger partial charge in [0.05, 0.1) is 15.7 Å². The number of hydrogen-bond acceptors (Lipinski definition) is 0. The molecule has 0 aromatic heterocycles. The lowest BCUT2D eigenvalue weighted by atomic mass is 9.69. The summed E-state index contributed by atoms with van der Waals surface area (Å²) in [6.07, 6.45) is 0. The summed E-state index contributed by atoms with van der Waals surface area (Å²) in [5, 5.41) is 0. The minimum atomic E-state index is 0.130. The van der Waals surface area contributed by atoms with Gasteiger partial charge in [0, 0.05) is 0 Å². The Balaban J connectivity index is 2.99. The maximum absolute atomic E-state index is 5.31. The van der Waals surface area contributed by atoms with Crippen LogP contribution in [0.3, 0.4) is 0 Å². The van der Waals surface area contributed by atoms with E-state index in [2.05, 4.69) is 0 Å². The molecule has 0 heterocycles. The van der Waals surface area contributed by atoms with Crippen molar-refractivity contribution >= 4 is 15.7 Å². The molecule has 0 amide bonds. The molecule has 2 heteroatoms. The van der Waals surface area contributed by atoms with Crippen LogP contribution in [0.2, 0.25) is 11.6 Å².